The first-order valence-electron chi connectivity index (χ1n) is 5.99. The topological polar surface area (TPSA) is 17.8 Å². The fraction of sp³-hybridized carbons (Fsp3) is 0.357. The van der Waals surface area contributed by atoms with Crippen LogP contribution in [-0.4, -0.2) is 9.78 Å². The maximum atomic E-state index is 13.8. The van der Waals surface area contributed by atoms with E-state index in [-0.39, 0.29) is 5.82 Å². The van der Waals surface area contributed by atoms with Crippen LogP contribution in [0.5, 0.6) is 0 Å². The molecule has 0 amide bonds. The highest BCUT2D eigenvalue weighted by atomic mass is 79.9. The van der Waals surface area contributed by atoms with Crippen molar-refractivity contribution in [1.29, 1.82) is 0 Å². The second-order valence-electron chi connectivity index (χ2n) is 4.40. The van der Waals surface area contributed by atoms with Gasteiger partial charge in [0.15, 0.2) is 0 Å². The molecule has 0 aliphatic heterocycles. The van der Waals surface area contributed by atoms with Gasteiger partial charge in [-0.05, 0) is 38.0 Å². The van der Waals surface area contributed by atoms with Gasteiger partial charge in [0.25, 0.3) is 0 Å². The number of hydrogen-bond donors (Lipinski definition) is 0. The van der Waals surface area contributed by atoms with E-state index < -0.39 is 0 Å². The Kier molecular flexibility index (Phi) is 3.85. The standard InChI is InChI=1S/C14H16BrFN2/c1-4-13-9(2)17-18(10(13)3)8-11-5-6-12(15)7-14(11)16/h5-7H,4,8H2,1-3H3. The van der Waals surface area contributed by atoms with E-state index in [9.17, 15) is 4.39 Å². The largest absolute Gasteiger partial charge is 0.265 e. The van der Waals surface area contributed by atoms with Crippen LogP contribution in [0.4, 0.5) is 4.39 Å². The monoisotopic (exact) mass is 310 g/mol. The van der Waals surface area contributed by atoms with Gasteiger partial charge >= 0.3 is 0 Å². The summed E-state index contributed by atoms with van der Waals surface area (Å²) in [5.41, 5.74) is 4.07. The zero-order chi connectivity index (χ0) is 13.3. The van der Waals surface area contributed by atoms with Crippen molar-refractivity contribution in [3.05, 3.63) is 51.0 Å². The number of nitrogens with zero attached hydrogens (tertiary/aromatic N) is 2. The molecule has 1 aromatic heterocycles. The van der Waals surface area contributed by atoms with E-state index in [0.717, 1.165) is 22.3 Å². The van der Waals surface area contributed by atoms with Gasteiger partial charge in [-0.15, -0.1) is 0 Å². The van der Waals surface area contributed by atoms with E-state index in [1.54, 1.807) is 6.07 Å². The highest BCUT2D eigenvalue weighted by Gasteiger charge is 2.11. The van der Waals surface area contributed by atoms with Crippen LogP contribution in [0.25, 0.3) is 0 Å². The molecule has 2 aromatic rings. The molecule has 0 saturated heterocycles. The number of aryl methyl sites for hydroxylation is 1. The molecule has 1 aromatic carbocycles. The molecule has 0 unspecified atom stereocenters. The lowest BCUT2D eigenvalue weighted by Crippen LogP contribution is -2.06. The molecule has 0 aliphatic rings. The lowest BCUT2D eigenvalue weighted by molar-refractivity contribution is 0.578. The summed E-state index contributed by atoms with van der Waals surface area (Å²) in [4.78, 5) is 0. The van der Waals surface area contributed by atoms with Crippen molar-refractivity contribution in [2.24, 2.45) is 0 Å². The predicted molar refractivity (Wildman–Crippen MR) is 74.3 cm³/mol. The molecule has 2 nitrogen and oxygen atoms in total. The van der Waals surface area contributed by atoms with Crippen LogP contribution in [-0.2, 0) is 13.0 Å². The fourth-order valence-corrected chi connectivity index (χ4v) is 2.54. The van der Waals surface area contributed by atoms with Gasteiger partial charge in [0.1, 0.15) is 5.82 Å². The van der Waals surface area contributed by atoms with Crippen molar-refractivity contribution in [1.82, 2.24) is 9.78 Å². The number of halogens is 2. The average molecular weight is 311 g/mol. The van der Waals surface area contributed by atoms with Crippen LogP contribution in [0.3, 0.4) is 0 Å². The minimum atomic E-state index is -0.199. The van der Waals surface area contributed by atoms with E-state index >= 15 is 0 Å². The van der Waals surface area contributed by atoms with Gasteiger partial charge in [-0.1, -0.05) is 28.9 Å². The van der Waals surface area contributed by atoms with Crippen molar-refractivity contribution < 1.29 is 4.39 Å². The van der Waals surface area contributed by atoms with Crippen LogP contribution in [0.15, 0.2) is 22.7 Å². The zero-order valence-electron chi connectivity index (χ0n) is 10.8. The first-order valence-corrected chi connectivity index (χ1v) is 6.79. The number of rotatable bonds is 3. The Morgan fingerprint density at radius 1 is 1.33 bits per heavy atom. The van der Waals surface area contributed by atoms with Gasteiger partial charge in [0.2, 0.25) is 0 Å². The molecule has 4 heteroatoms. The van der Waals surface area contributed by atoms with Crippen LogP contribution in [0.1, 0.15) is 29.4 Å². The van der Waals surface area contributed by atoms with Crippen molar-refractivity contribution in [2.75, 3.05) is 0 Å². The summed E-state index contributed by atoms with van der Waals surface area (Å²) in [5.74, 6) is -0.199. The van der Waals surface area contributed by atoms with Gasteiger partial charge in [0.05, 0.1) is 12.2 Å². The second-order valence-corrected chi connectivity index (χ2v) is 5.31. The highest BCUT2D eigenvalue weighted by molar-refractivity contribution is 9.10. The normalized spacial score (nSPS) is 10.9. The van der Waals surface area contributed by atoms with Crippen LogP contribution >= 0.6 is 15.9 Å². The molecule has 18 heavy (non-hydrogen) atoms. The molecule has 2 rings (SSSR count). The Morgan fingerprint density at radius 2 is 2.06 bits per heavy atom. The summed E-state index contributed by atoms with van der Waals surface area (Å²) in [5, 5.41) is 4.48. The van der Waals surface area contributed by atoms with E-state index in [4.69, 9.17) is 0 Å². The lowest BCUT2D eigenvalue weighted by atomic mass is 10.1. The first kappa shape index (κ1) is 13.3. The SMILES string of the molecule is CCc1c(C)nn(Cc2ccc(Br)cc2F)c1C. The van der Waals surface area contributed by atoms with Crippen LogP contribution in [0.2, 0.25) is 0 Å². The van der Waals surface area contributed by atoms with Gasteiger partial charge in [-0.3, -0.25) is 4.68 Å². The van der Waals surface area contributed by atoms with Crippen LogP contribution < -0.4 is 0 Å². The summed E-state index contributed by atoms with van der Waals surface area (Å²) in [6, 6.07) is 5.13. The zero-order valence-corrected chi connectivity index (χ0v) is 12.4. The minimum absolute atomic E-state index is 0.199. The Hall–Kier alpha value is -1.16. The summed E-state index contributed by atoms with van der Waals surface area (Å²) in [6.45, 7) is 6.63. The summed E-state index contributed by atoms with van der Waals surface area (Å²) in [7, 11) is 0. The smallest absolute Gasteiger partial charge is 0.129 e. The maximum Gasteiger partial charge on any atom is 0.129 e. The first-order chi connectivity index (χ1) is 8.52. The Labute approximate surface area is 115 Å². The molecular formula is C14H16BrFN2. The number of benzene rings is 1. The molecule has 0 fully saturated rings. The summed E-state index contributed by atoms with van der Waals surface area (Å²) < 4.78 is 16.4. The van der Waals surface area contributed by atoms with E-state index in [2.05, 4.69) is 28.0 Å². The highest BCUT2D eigenvalue weighted by Crippen LogP contribution is 2.19. The van der Waals surface area contributed by atoms with E-state index in [1.165, 1.54) is 11.6 Å². The molecule has 0 aliphatic carbocycles. The fourth-order valence-electron chi connectivity index (χ4n) is 2.21. The van der Waals surface area contributed by atoms with Crippen molar-refractivity contribution >= 4 is 15.9 Å². The number of aromatic nitrogens is 2. The van der Waals surface area contributed by atoms with Gasteiger partial charge < -0.3 is 0 Å². The third-order valence-corrected chi connectivity index (χ3v) is 3.71. The molecule has 0 saturated carbocycles. The minimum Gasteiger partial charge on any atom is -0.265 e. The maximum absolute atomic E-state index is 13.8. The second kappa shape index (κ2) is 5.22. The van der Waals surface area contributed by atoms with Crippen molar-refractivity contribution in [3.8, 4) is 0 Å². The Morgan fingerprint density at radius 3 is 2.61 bits per heavy atom. The van der Waals surface area contributed by atoms with Gasteiger partial charge in [0, 0.05) is 15.7 Å². The van der Waals surface area contributed by atoms with Crippen LogP contribution in [0, 0.1) is 19.7 Å². The van der Waals surface area contributed by atoms with E-state index in [0.29, 0.717) is 12.1 Å². The molecule has 96 valence electrons. The Balaban J connectivity index is 2.34. The third kappa shape index (κ3) is 2.48. The average Bonchev–Trinajstić information content (AvgIpc) is 2.58. The molecule has 0 bridgehead atoms. The van der Waals surface area contributed by atoms with Crippen molar-refractivity contribution in [3.63, 3.8) is 0 Å². The van der Waals surface area contributed by atoms with Gasteiger partial charge in [-0.2, -0.15) is 5.10 Å². The summed E-state index contributed by atoms with van der Waals surface area (Å²) >= 11 is 3.26. The van der Waals surface area contributed by atoms with E-state index in [1.807, 2.05) is 24.6 Å². The number of hydrogen-bond acceptors (Lipinski definition) is 1. The third-order valence-electron chi connectivity index (χ3n) is 3.22. The molecule has 0 N–H and O–H groups in total. The predicted octanol–water partition coefficient (Wildman–Crippen LogP) is 4.01. The van der Waals surface area contributed by atoms with Crippen molar-refractivity contribution in [2.45, 2.75) is 33.7 Å². The molecule has 1 heterocycles. The Bertz CT molecular complexity index is 575. The molecule has 0 atom stereocenters. The molecular weight excluding hydrogens is 295 g/mol. The van der Waals surface area contributed by atoms with Gasteiger partial charge in [-0.25, -0.2) is 4.39 Å². The summed E-state index contributed by atoms with van der Waals surface area (Å²) in [6.07, 6.45) is 0.959. The quantitative estimate of drug-likeness (QED) is 0.837. The lowest BCUT2D eigenvalue weighted by Gasteiger charge is -2.07. The molecule has 0 radical (unpaired) electrons. The molecule has 0 spiro atoms.